The minimum absolute atomic E-state index is 0. The van der Waals surface area contributed by atoms with Gasteiger partial charge in [-0.3, -0.25) is 4.79 Å². The Balaban J connectivity index is 0.00000261. The molecule has 0 spiro atoms. The number of carbonyl (C=O) groups is 1. The summed E-state index contributed by atoms with van der Waals surface area (Å²) in [5.74, 6) is 0.946. The van der Waals surface area contributed by atoms with E-state index in [0.29, 0.717) is 31.3 Å². The second-order valence-electron chi connectivity index (χ2n) is 6.39. The number of nitrogens with one attached hydrogen (secondary N) is 1. The van der Waals surface area contributed by atoms with Crippen LogP contribution in [0.2, 0.25) is 0 Å². The maximum atomic E-state index is 12.9. The third-order valence-corrected chi connectivity index (χ3v) is 4.52. The van der Waals surface area contributed by atoms with E-state index in [1.54, 1.807) is 12.1 Å². The Morgan fingerprint density at radius 2 is 1.67 bits per heavy atom. The number of halogens is 2. The lowest BCUT2D eigenvalue weighted by Gasteiger charge is -2.26. The molecule has 1 atom stereocenters. The second-order valence-corrected chi connectivity index (χ2v) is 6.39. The van der Waals surface area contributed by atoms with Gasteiger partial charge in [-0.05, 0) is 60.7 Å². The monoisotopic (exact) mass is 394 g/mol. The lowest BCUT2D eigenvalue weighted by Crippen LogP contribution is -2.46. The van der Waals surface area contributed by atoms with Crippen molar-refractivity contribution in [3.8, 4) is 11.5 Å². The van der Waals surface area contributed by atoms with Crippen LogP contribution >= 0.6 is 12.4 Å². The van der Waals surface area contributed by atoms with Gasteiger partial charge in [0.1, 0.15) is 17.3 Å². The summed E-state index contributed by atoms with van der Waals surface area (Å²) < 4.78 is 23.8. The molecule has 3 N–H and O–H groups in total. The van der Waals surface area contributed by atoms with E-state index in [1.165, 1.54) is 12.1 Å². The number of benzene rings is 2. The molecule has 0 bridgehead atoms. The number of hydrogen-bond acceptors (Lipinski definition) is 4. The van der Waals surface area contributed by atoms with Gasteiger partial charge in [0.15, 0.2) is 0 Å². The normalized spacial score (nSPS) is 15.5. The predicted molar refractivity (Wildman–Crippen MR) is 104 cm³/mol. The van der Waals surface area contributed by atoms with Crippen molar-refractivity contribution in [2.45, 2.75) is 25.4 Å². The molecular formula is C20H24ClFN2O3. The lowest BCUT2D eigenvalue weighted by atomic mass is 9.92. The molecule has 1 aliphatic heterocycles. The topological polar surface area (TPSA) is 73.6 Å². The van der Waals surface area contributed by atoms with Crippen LogP contribution in [0.4, 0.5) is 4.39 Å². The summed E-state index contributed by atoms with van der Waals surface area (Å²) in [7, 11) is 0. The summed E-state index contributed by atoms with van der Waals surface area (Å²) in [5, 5.41) is 2.88. The van der Waals surface area contributed by atoms with Crippen molar-refractivity contribution in [3.63, 3.8) is 0 Å². The molecular weight excluding hydrogens is 371 g/mol. The molecule has 3 rings (SSSR count). The van der Waals surface area contributed by atoms with E-state index in [2.05, 4.69) is 5.32 Å². The summed E-state index contributed by atoms with van der Waals surface area (Å²) >= 11 is 0. The Bertz CT molecular complexity index is 719. The standard InChI is InChI=1S/C20H23FN2O3.ClH/c21-16-3-7-18(8-4-16)26-17-5-1-14(2-6-17)13-23-20(24)19(22)15-9-11-25-12-10-15;/h1-8,15,19H,9-13,22H2,(H,23,24);1H. The smallest absolute Gasteiger partial charge is 0.237 e. The molecule has 1 saturated heterocycles. The summed E-state index contributed by atoms with van der Waals surface area (Å²) in [6, 6.07) is 12.7. The minimum atomic E-state index is -0.500. The molecule has 2 aromatic rings. The Labute approximate surface area is 164 Å². The third-order valence-electron chi connectivity index (χ3n) is 4.52. The van der Waals surface area contributed by atoms with Gasteiger partial charge in [-0.15, -0.1) is 12.4 Å². The van der Waals surface area contributed by atoms with Crippen molar-refractivity contribution in [3.05, 3.63) is 59.9 Å². The Hall–Kier alpha value is -2.15. The molecule has 1 fully saturated rings. The van der Waals surface area contributed by atoms with Gasteiger partial charge in [-0.2, -0.15) is 0 Å². The van der Waals surface area contributed by atoms with Gasteiger partial charge in [0, 0.05) is 19.8 Å². The van der Waals surface area contributed by atoms with Crippen molar-refractivity contribution in [1.82, 2.24) is 5.32 Å². The van der Waals surface area contributed by atoms with E-state index in [1.807, 2.05) is 24.3 Å². The van der Waals surface area contributed by atoms with Crippen molar-refractivity contribution in [2.75, 3.05) is 13.2 Å². The van der Waals surface area contributed by atoms with Gasteiger partial charge in [0.2, 0.25) is 5.91 Å². The van der Waals surface area contributed by atoms with Crippen LogP contribution in [-0.4, -0.2) is 25.2 Å². The molecule has 7 heteroatoms. The van der Waals surface area contributed by atoms with Crippen LogP contribution < -0.4 is 15.8 Å². The molecule has 5 nitrogen and oxygen atoms in total. The highest BCUT2D eigenvalue weighted by Gasteiger charge is 2.26. The quantitative estimate of drug-likeness (QED) is 0.787. The first-order valence-corrected chi connectivity index (χ1v) is 8.75. The number of rotatable bonds is 6. The fourth-order valence-electron chi connectivity index (χ4n) is 2.91. The molecule has 2 aromatic carbocycles. The SMILES string of the molecule is Cl.NC(C(=O)NCc1ccc(Oc2ccc(F)cc2)cc1)C1CCOCC1. The summed E-state index contributed by atoms with van der Waals surface area (Å²) in [5.41, 5.74) is 7.01. The highest BCUT2D eigenvalue weighted by Crippen LogP contribution is 2.22. The highest BCUT2D eigenvalue weighted by atomic mass is 35.5. The zero-order chi connectivity index (χ0) is 18.4. The zero-order valence-electron chi connectivity index (χ0n) is 14.9. The molecule has 0 radical (unpaired) electrons. The van der Waals surface area contributed by atoms with Gasteiger partial charge in [-0.1, -0.05) is 12.1 Å². The number of amides is 1. The molecule has 1 amide bonds. The summed E-state index contributed by atoms with van der Waals surface area (Å²) in [4.78, 5) is 12.2. The number of carbonyl (C=O) groups excluding carboxylic acids is 1. The van der Waals surface area contributed by atoms with Crippen molar-refractivity contribution in [1.29, 1.82) is 0 Å². The van der Waals surface area contributed by atoms with Crippen LogP contribution in [0.15, 0.2) is 48.5 Å². The lowest BCUT2D eigenvalue weighted by molar-refractivity contribution is -0.124. The minimum Gasteiger partial charge on any atom is -0.457 e. The van der Waals surface area contributed by atoms with Gasteiger partial charge < -0.3 is 20.5 Å². The zero-order valence-corrected chi connectivity index (χ0v) is 15.7. The average molecular weight is 395 g/mol. The predicted octanol–water partition coefficient (Wildman–Crippen LogP) is 3.41. The molecule has 0 aromatic heterocycles. The van der Waals surface area contributed by atoms with Gasteiger partial charge in [-0.25, -0.2) is 4.39 Å². The molecule has 1 heterocycles. The Morgan fingerprint density at radius 3 is 2.26 bits per heavy atom. The molecule has 1 aliphatic rings. The van der Waals surface area contributed by atoms with Gasteiger partial charge >= 0.3 is 0 Å². The molecule has 0 aliphatic carbocycles. The van der Waals surface area contributed by atoms with Crippen LogP contribution in [0.3, 0.4) is 0 Å². The molecule has 0 saturated carbocycles. The van der Waals surface area contributed by atoms with Crippen molar-refractivity contribution in [2.24, 2.45) is 11.7 Å². The van der Waals surface area contributed by atoms with E-state index < -0.39 is 6.04 Å². The second kappa shape index (κ2) is 10.3. The number of nitrogens with two attached hydrogens (primary N) is 1. The van der Waals surface area contributed by atoms with E-state index >= 15 is 0 Å². The first-order chi connectivity index (χ1) is 12.6. The molecule has 1 unspecified atom stereocenters. The van der Waals surface area contributed by atoms with Crippen molar-refractivity contribution >= 4 is 18.3 Å². The first kappa shape index (κ1) is 21.2. The average Bonchev–Trinajstić information content (AvgIpc) is 2.69. The summed E-state index contributed by atoms with van der Waals surface area (Å²) in [6.07, 6.45) is 1.65. The fourth-order valence-corrected chi connectivity index (χ4v) is 2.91. The largest absolute Gasteiger partial charge is 0.457 e. The maximum absolute atomic E-state index is 12.9. The van der Waals surface area contributed by atoms with E-state index in [-0.39, 0.29) is 30.0 Å². The van der Waals surface area contributed by atoms with E-state index in [9.17, 15) is 9.18 Å². The third kappa shape index (κ3) is 6.20. The molecule has 146 valence electrons. The van der Waals surface area contributed by atoms with Crippen LogP contribution in [-0.2, 0) is 16.1 Å². The van der Waals surface area contributed by atoms with E-state index in [0.717, 1.165) is 18.4 Å². The summed E-state index contributed by atoms with van der Waals surface area (Å²) in [6.45, 7) is 1.74. The molecule has 27 heavy (non-hydrogen) atoms. The number of ether oxygens (including phenoxy) is 2. The van der Waals surface area contributed by atoms with Crippen LogP contribution in [0.5, 0.6) is 11.5 Å². The van der Waals surface area contributed by atoms with Crippen LogP contribution in [0, 0.1) is 11.7 Å². The van der Waals surface area contributed by atoms with Crippen LogP contribution in [0.1, 0.15) is 18.4 Å². The number of hydrogen-bond donors (Lipinski definition) is 2. The Morgan fingerprint density at radius 1 is 1.11 bits per heavy atom. The van der Waals surface area contributed by atoms with Gasteiger partial charge in [0.05, 0.1) is 6.04 Å². The van der Waals surface area contributed by atoms with Crippen molar-refractivity contribution < 1.29 is 18.7 Å². The Kier molecular flexibility index (Phi) is 8.03. The van der Waals surface area contributed by atoms with Gasteiger partial charge in [0.25, 0.3) is 0 Å². The maximum Gasteiger partial charge on any atom is 0.237 e. The van der Waals surface area contributed by atoms with Crippen LogP contribution in [0.25, 0.3) is 0 Å². The first-order valence-electron chi connectivity index (χ1n) is 8.75. The van der Waals surface area contributed by atoms with E-state index in [4.69, 9.17) is 15.2 Å². The highest BCUT2D eigenvalue weighted by molar-refractivity contribution is 5.85. The fraction of sp³-hybridized carbons (Fsp3) is 0.350.